The monoisotopic (exact) mass is 231 g/mol. The molecule has 1 unspecified atom stereocenters. The maximum atomic E-state index is 11.4. The quantitative estimate of drug-likeness (QED) is 0.448. The molecule has 3 atom stereocenters. The molecule has 1 heterocycles. The van der Waals surface area contributed by atoms with Gasteiger partial charge in [0.2, 0.25) is 5.91 Å². The van der Waals surface area contributed by atoms with E-state index in [0.717, 1.165) is 19.6 Å². The zero-order valence-corrected chi connectivity index (χ0v) is 9.67. The number of nitrogens with zero attached hydrogens (tertiary/aromatic N) is 1. The summed E-state index contributed by atoms with van der Waals surface area (Å²) in [6, 6.07) is 10.5. The number of hydrazine groups is 1. The van der Waals surface area contributed by atoms with E-state index in [2.05, 4.69) is 34.6 Å². The highest BCUT2D eigenvalue weighted by Gasteiger charge is 2.58. The number of piperidine rings is 1. The van der Waals surface area contributed by atoms with Crippen molar-refractivity contribution in [2.75, 3.05) is 13.1 Å². The Labute approximate surface area is 101 Å². The fourth-order valence-corrected chi connectivity index (χ4v) is 3.07. The van der Waals surface area contributed by atoms with Crippen LogP contribution in [0.5, 0.6) is 0 Å². The fraction of sp³-hybridized carbons (Fsp3) is 0.462. The number of carbonyl (C=O) groups excluding carboxylic acids is 1. The number of rotatable bonds is 3. The van der Waals surface area contributed by atoms with E-state index in [0.29, 0.717) is 11.8 Å². The lowest BCUT2D eigenvalue weighted by Gasteiger charge is -2.18. The van der Waals surface area contributed by atoms with Crippen LogP contribution in [-0.4, -0.2) is 23.9 Å². The second kappa shape index (κ2) is 4.13. The van der Waals surface area contributed by atoms with Gasteiger partial charge in [0, 0.05) is 25.6 Å². The summed E-state index contributed by atoms with van der Waals surface area (Å²) in [5.41, 5.74) is 3.60. The summed E-state index contributed by atoms with van der Waals surface area (Å²) >= 11 is 0. The highest BCUT2D eigenvalue weighted by atomic mass is 16.2. The molecule has 0 aromatic heterocycles. The third kappa shape index (κ3) is 1.94. The standard InChI is InChI=1S/C13H17N3O/c14-15-13(17)12-10-7-16(8-11(10)12)6-9-4-2-1-3-5-9/h1-5,10-12H,6-8,14H2,(H,15,17)/t10-,11+,12?. The first-order valence-electron chi connectivity index (χ1n) is 6.06. The van der Waals surface area contributed by atoms with Crippen LogP contribution >= 0.6 is 0 Å². The van der Waals surface area contributed by atoms with Gasteiger partial charge in [-0.3, -0.25) is 15.1 Å². The number of benzene rings is 1. The Balaban J connectivity index is 1.54. The van der Waals surface area contributed by atoms with Crippen LogP contribution in [-0.2, 0) is 11.3 Å². The molecule has 0 spiro atoms. The van der Waals surface area contributed by atoms with Gasteiger partial charge in [0.05, 0.1) is 0 Å². The first kappa shape index (κ1) is 10.7. The molecule has 3 rings (SSSR count). The van der Waals surface area contributed by atoms with Crippen molar-refractivity contribution in [2.24, 2.45) is 23.6 Å². The number of carbonyl (C=O) groups is 1. The van der Waals surface area contributed by atoms with Crippen molar-refractivity contribution >= 4 is 5.91 Å². The predicted molar refractivity (Wildman–Crippen MR) is 64.5 cm³/mol. The van der Waals surface area contributed by atoms with Crippen molar-refractivity contribution in [1.29, 1.82) is 0 Å². The van der Waals surface area contributed by atoms with Crippen LogP contribution in [0.4, 0.5) is 0 Å². The highest BCUT2D eigenvalue weighted by Crippen LogP contribution is 2.51. The van der Waals surface area contributed by atoms with E-state index in [-0.39, 0.29) is 11.8 Å². The smallest absolute Gasteiger partial charge is 0.237 e. The van der Waals surface area contributed by atoms with Gasteiger partial charge in [-0.05, 0) is 17.4 Å². The van der Waals surface area contributed by atoms with E-state index in [1.807, 2.05) is 6.07 Å². The molecule has 17 heavy (non-hydrogen) atoms. The first-order chi connectivity index (χ1) is 8.29. The van der Waals surface area contributed by atoms with E-state index in [9.17, 15) is 4.79 Å². The Morgan fingerprint density at radius 2 is 1.94 bits per heavy atom. The number of amides is 1. The number of likely N-dealkylation sites (tertiary alicyclic amines) is 1. The van der Waals surface area contributed by atoms with Crippen molar-refractivity contribution < 1.29 is 4.79 Å². The molecular weight excluding hydrogens is 214 g/mol. The zero-order valence-electron chi connectivity index (χ0n) is 9.67. The third-order valence-corrected chi connectivity index (χ3v) is 3.96. The highest BCUT2D eigenvalue weighted by molar-refractivity contribution is 5.82. The van der Waals surface area contributed by atoms with Gasteiger partial charge >= 0.3 is 0 Å². The Bertz CT molecular complexity index is 408. The number of nitrogens with one attached hydrogen (secondary N) is 1. The minimum Gasteiger partial charge on any atom is -0.298 e. The van der Waals surface area contributed by atoms with Gasteiger partial charge in [0.1, 0.15) is 0 Å². The van der Waals surface area contributed by atoms with Crippen molar-refractivity contribution in [3.63, 3.8) is 0 Å². The molecular formula is C13H17N3O. The molecule has 1 aliphatic carbocycles. The van der Waals surface area contributed by atoms with E-state index in [4.69, 9.17) is 5.84 Å². The van der Waals surface area contributed by atoms with Gasteiger partial charge in [-0.15, -0.1) is 0 Å². The molecule has 2 fully saturated rings. The number of fused-ring (bicyclic) bond motifs is 1. The number of nitrogens with two attached hydrogens (primary N) is 1. The van der Waals surface area contributed by atoms with Crippen molar-refractivity contribution in [1.82, 2.24) is 10.3 Å². The summed E-state index contributed by atoms with van der Waals surface area (Å²) in [6.07, 6.45) is 0. The SMILES string of the molecule is NNC(=O)C1[C@H]2CN(Cc3ccccc3)C[C@@H]12. The topological polar surface area (TPSA) is 58.4 Å². The maximum Gasteiger partial charge on any atom is 0.237 e. The summed E-state index contributed by atoms with van der Waals surface area (Å²) in [5, 5.41) is 0. The van der Waals surface area contributed by atoms with E-state index < -0.39 is 0 Å². The minimum atomic E-state index is 0.0133. The lowest BCUT2D eigenvalue weighted by atomic mass is 10.2. The van der Waals surface area contributed by atoms with Crippen LogP contribution in [0, 0.1) is 17.8 Å². The van der Waals surface area contributed by atoms with Gasteiger partial charge in [-0.1, -0.05) is 30.3 Å². The summed E-state index contributed by atoms with van der Waals surface area (Å²) in [4.78, 5) is 13.8. The van der Waals surface area contributed by atoms with E-state index in [1.165, 1.54) is 5.56 Å². The summed E-state index contributed by atoms with van der Waals surface area (Å²) in [6.45, 7) is 3.04. The summed E-state index contributed by atoms with van der Waals surface area (Å²) < 4.78 is 0. The van der Waals surface area contributed by atoms with Crippen LogP contribution in [0.1, 0.15) is 5.56 Å². The molecule has 1 amide bonds. The van der Waals surface area contributed by atoms with E-state index in [1.54, 1.807) is 0 Å². The van der Waals surface area contributed by atoms with Gasteiger partial charge in [0.25, 0.3) is 0 Å². The zero-order chi connectivity index (χ0) is 11.8. The average Bonchev–Trinajstić information content (AvgIpc) is 2.86. The largest absolute Gasteiger partial charge is 0.298 e. The molecule has 90 valence electrons. The summed E-state index contributed by atoms with van der Waals surface area (Å²) in [7, 11) is 0. The van der Waals surface area contributed by atoms with E-state index >= 15 is 0 Å². The minimum absolute atomic E-state index is 0.0133. The molecule has 2 aliphatic rings. The first-order valence-corrected chi connectivity index (χ1v) is 6.06. The lowest BCUT2D eigenvalue weighted by molar-refractivity contribution is -0.123. The lowest BCUT2D eigenvalue weighted by Crippen LogP contribution is -2.35. The van der Waals surface area contributed by atoms with Crippen LogP contribution < -0.4 is 11.3 Å². The second-order valence-corrected chi connectivity index (χ2v) is 5.04. The van der Waals surface area contributed by atoms with Gasteiger partial charge < -0.3 is 0 Å². The molecule has 1 saturated carbocycles. The molecule has 1 saturated heterocycles. The predicted octanol–water partition coefficient (Wildman–Crippen LogP) is 0.354. The van der Waals surface area contributed by atoms with Crippen LogP contribution in [0.25, 0.3) is 0 Å². The Morgan fingerprint density at radius 1 is 1.29 bits per heavy atom. The molecule has 0 radical (unpaired) electrons. The molecule has 1 aliphatic heterocycles. The normalized spacial score (nSPS) is 31.0. The number of hydrogen-bond donors (Lipinski definition) is 2. The van der Waals surface area contributed by atoms with Gasteiger partial charge in [0.15, 0.2) is 0 Å². The fourth-order valence-electron chi connectivity index (χ4n) is 3.07. The van der Waals surface area contributed by atoms with Crippen molar-refractivity contribution in [3.05, 3.63) is 35.9 Å². The van der Waals surface area contributed by atoms with Crippen LogP contribution in [0.2, 0.25) is 0 Å². The van der Waals surface area contributed by atoms with Crippen molar-refractivity contribution in [3.8, 4) is 0 Å². The maximum absolute atomic E-state index is 11.4. The summed E-state index contributed by atoms with van der Waals surface area (Å²) in [5.74, 6) is 6.41. The molecule has 1 aromatic rings. The van der Waals surface area contributed by atoms with Gasteiger partial charge in [-0.25, -0.2) is 5.84 Å². The Kier molecular flexibility index (Phi) is 2.61. The Hall–Kier alpha value is -1.39. The second-order valence-electron chi connectivity index (χ2n) is 5.04. The molecule has 1 aromatic carbocycles. The molecule has 0 bridgehead atoms. The van der Waals surface area contributed by atoms with Crippen LogP contribution in [0.3, 0.4) is 0 Å². The molecule has 4 nitrogen and oxygen atoms in total. The molecule has 4 heteroatoms. The molecule has 3 N–H and O–H groups in total. The third-order valence-electron chi connectivity index (χ3n) is 3.96. The van der Waals surface area contributed by atoms with Crippen LogP contribution in [0.15, 0.2) is 30.3 Å². The van der Waals surface area contributed by atoms with Crippen molar-refractivity contribution in [2.45, 2.75) is 6.54 Å². The number of hydrogen-bond acceptors (Lipinski definition) is 3. The Morgan fingerprint density at radius 3 is 2.53 bits per heavy atom. The van der Waals surface area contributed by atoms with Gasteiger partial charge in [-0.2, -0.15) is 0 Å². The average molecular weight is 231 g/mol.